The number of carbonyl (C=O) groups is 2. The highest BCUT2D eigenvalue weighted by Gasteiger charge is 2.25. The van der Waals surface area contributed by atoms with E-state index in [2.05, 4.69) is 4.98 Å². The van der Waals surface area contributed by atoms with Crippen LogP contribution in [0.25, 0.3) is 0 Å². The zero-order chi connectivity index (χ0) is 20.3. The van der Waals surface area contributed by atoms with Crippen molar-refractivity contribution in [2.24, 2.45) is 0 Å². The second-order valence-electron chi connectivity index (χ2n) is 6.85. The van der Waals surface area contributed by atoms with E-state index in [-0.39, 0.29) is 23.8 Å². The summed E-state index contributed by atoms with van der Waals surface area (Å²) in [5, 5.41) is 9.15. The first-order valence-electron chi connectivity index (χ1n) is 9.14. The molecule has 0 bridgehead atoms. The summed E-state index contributed by atoms with van der Waals surface area (Å²) in [7, 11) is 0. The topological polar surface area (TPSA) is 110 Å². The van der Waals surface area contributed by atoms with Gasteiger partial charge >= 0.3 is 0 Å². The molecular weight excluding hydrogens is 360 g/mol. The Morgan fingerprint density at radius 2 is 1.89 bits per heavy atom. The molecule has 8 nitrogen and oxygen atoms in total. The molecule has 1 saturated heterocycles. The monoisotopic (exact) mass is 382 g/mol. The van der Waals surface area contributed by atoms with Crippen molar-refractivity contribution in [1.29, 1.82) is 5.26 Å². The Hall–Kier alpha value is -3.34. The molecule has 3 rings (SSSR count). The fraction of sp³-hybridized carbons (Fsp3) is 0.400. The molecule has 0 aliphatic carbocycles. The lowest BCUT2D eigenvalue weighted by Gasteiger charge is -2.34. The molecule has 8 heteroatoms. The number of nitrogens with one attached hydrogen (secondary N) is 1. The first-order chi connectivity index (χ1) is 13.4. The number of rotatable bonds is 4. The van der Waals surface area contributed by atoms with Crippen molar-refractivity contribution in [3.8, 4) is 6.07 Å². The summed E-state index contributed by atoms with van der Waals surface area (Å²) in [5.41, 5.74) is 2.36. The molecule has 0 saturated carbocycles. The Kier molecular flexibility index (Phi) is 5.64. The summed E-state index contributed by atoms with van der Waals surface area (Å²) in [5.74, 6) is -0.0942. The summed E-state index contributed by atoms with van der Waals surface area (Å²) in [6.45, 7) is 5.43. The van der Waals surface area contributed by atoms with E-state index in [1.165, 1.54) is 12.5 Å². The molecule has 1 aliphatic rings. The Morgan fingerprint density at radius 3 is 2.50 bits per heavy atom. The zero-order valence-electron chi connectivity index (χ0n) is 15.9. The van der Waals surface area contributed by atoms with Crippen molar-refractivity contribution < 1.29 is 14.0 Å². The van der Waals surface area contributed by atoms with Crippen LogP contribution in [0.1, 0.15) is 39.2 Å². The standard InChI is InChI=1S/C20H22N4O4/c1-13-16(14(2)22-19(26)17(13)11-21)3-4-18(25)23-6-8-24(9-7-23)20(27)15-5-10-28-12-15/h5,10,12H,3-4,6-9H2,1-2H3,(H,22,26). The molecule has 0 atom stereocenters. The number of piperazine rings is 1. The molecule has 0 spiro atoms. The zero-order valence-corrected chi connectivity index (χ0v) is 15.9. The van der Waals surface area contributed by atoms with E-state index in [4.69, 9.17) is 9.68 Å². The highest BCUT2D eigenvalue weighted by molar-refractivity contribution is 5.94. The molecule has 3 heterocycles. The number of nitrogens with zero attached hydrogens (tertiary/aromatic N) is 3. The highest BCUT2D eigenvalue weighted by atomic mass is 16.3. The molecule has 146 valence electrons. The number of amides is 2. The Labute approximate surface area is 162 Å². The van der Waals surface area contributed by atoms with E-state index in [9.17, 15) is 14.4 Å². The van der Waals surface area contributed by atoms with Crippen molar-refractivity contribution >= 4 is 11.8 Å². The first-order valence-corrected chi connectivity index (χ1v) is 9.14. The van der Waals surface area contributed by atoms with Crippen LogP contribution in [0.15, 0.2) is 27.8 Å². The third kappa shape index (κ3) is 3.83. The largest absolute Gasteiger partial charge is 0.472 e. The molecule has 28 heavy (non-hydrogen) atoms. The lowest BCUT2D eigenvalue weighted by atomic mass is 9.99. The van der Waals surface area contributed by atoms with Crippen molar-refractivity contribution in [2.45, 2.75) is 26.7 Å². The molecule has 0 aromatic carbocycles. The Bertz CT molecular complexity index is 977. The molecule has 0 radical (unpaired) electrons. The second kappa shape index (κ2) is 8.13. The van der Waals surface area contributed by atoms with Gasteiger partial charge in [0.2, 0.25) is 5.91 Å². The van der Waals surface area contributed by atoms with Crippen molar-refractivity contribution in [3.05, 3.63) is 56.9 Å². The normalized spacial score (nSPS) is 14.0. The fourth-order valence-corrected chi connectivity index (χ4v) is 3.54. The van der Waals surface area contributed by atoms with E-state index in [0.29, 0.717) is 49.4 Å². The first kappa shape index (κ1) is 19.4. The van der Waals surface area contributed by atoms with Crippen LogP contribution in [0, 0.1) is 25.2 Å². The minimum atomic E-state index is -0.397. The highest BCUT2D eigenvalue weighted by Crippen LogP contribution is 2.16. The minimum absolute atomic E-state index is 0.00100. The maximum Gasteiger partial charge on any atom is 0.266 e. The van der Waals surface area contributed by atoms with Gasteiger partial charge in [0.05, 0.1) is 11.8 Å². The average Bonchev–Trinajstić information content (AvgIpc) is 3.22. The van der Waals surface area contributed by atoms with Crippen LogP contribution >= 0.6 is 0 Å². The van der Waals surface area contributed by atoms with Gasteiger partial charge in [-0.3, -0.25) is 14.4 Å². The van der Waals surface area contributed by atoms with Crippen LogP contribution in [0.3, 0.4) is 0 Å². The average molecular weight is 382 g/mol. The van der Waals surface area contributed by atoms with Gasteiger partial charge in [-0.05, 0) is 37.5 Å². The maximum absolute atomic E-state index is 12.6. The molecule has 2 amide bonds. The Balaban J connectivity index is 1.58. The number of aromatic amines is 1. The predicted molar refractivity (Wildman–Crippen MR) is 101 cm³/mol. The molecule has 1 N–H and O–H groups in total. The van der Waals surface area contributed by atoms with Crippen LogP contribution in [0.4, 0.5) is 0 Å². The molecule has 2 aromatic heterocycles. The number of furan rings is 1. The van der Waals surface area contributed by atoms with E-state index >= 15 is 0 Å². The molecular formula is C20H22N4O4. The number of H-pyrrole nitrogens is 1. The summed E-state index contributed by atoms with van der Waals surface area (Å²) in [6, 6.07) is 3.56. The van der Waals surface area contributed by atoms with Crippen molar-refractivity contribution in [1.82, 2.24) is 14.8 Å². The smallest absolute Gasteiger partial charge is 0.266 e. The SMILES string of the molecule is Cc1[nH]c(=O)c(C#N)c(C)c1CCC(=O)N1CCN(C(=O)c2ccoc2)CC1. The van der Waals surface area contributed by atoms with Gasteiger partial charge in [0.15, 0.2) is 0 Å². The predicted octanol–water partition coefficient (Wildman–Crippen LogP) is 1.37. The van der Waals surface area contributed by atoms with E-state index in [0.717, 1.165) is 5.56 Å². The molecule has 1 aliphatic heterocycles. The molecule has 2 aromatic rings. The van der Waals surface area contributed by atoms with Gasteiger partial charge in [-0.25, -0.2) is 0 Å². The number of carbonyl (C=O) groups excluding carboxylic acids is 2. The van der Waals surface area contributed by atoms with E-state index < -0.39 is 5.56 Å². The van der Waals surface area contributed by atoms with Crippen LogP contribution in [-0.2, 0) is 11.2 Å². The van der Waals surface area contributed by atoms with E-state index in [1.54, 1.807) is 29.7 Å². The number of aromatic nitrogens is 1. The van der Waals surface area contributed by atoms with Gasteiger partial charge in [-0.2, -0.15) is 5.26 Å². The number of pyridine rings is 1. The van der Waals surface area contributed by atoms with Crippen LogP contribution in [0.5, 0.6) is 0 Å². The van der Waals surface area contributed by atoms with Crippen LogP contribution in [-0.4, -0.2) is 52.8 Å². The second-order valence-corrected chi connectivity index (χ2v) is 6.85. The minimum Gasteiger partial charge on any atom is -0.472 e. The molecule has 0 unspecified atom stereocenters. The third-order valence-electron chi connectivity index (χ3n) is 5.20. The van der Waals surface area contributed by atoms with Crippen LogP contribution in [0.2, 0.25) is 0 Å². The quantitative estimate of drug-likeness (QED) is 0.859. The fourth-order valence-electron chi connectivity index (χ4n) is 3.54. The van der Waals surface area contributed by atoms with Gasteiger partial charge in [0.25, 0.3) is 11.5 Å². The van der Waals surface area contributed by atoms with Crippen LogP contribution < -0.4 is 5.56 Å². The number of nitriles is 1. The molecule has 1 fully saturated rings. The number of hydrogen-bond donors (Lipinski definition) is 1. The number of hydrogen-bond acceptors (Lipinski definition) is 5. The number of aryl methyl sites for hydroxylation is 1. The summed E-state index contributed by atoms with van der Waals surface area (Å²) in [4.78, 5) is 42.9. The Morgan fingerprint density at radius 1 is 1.21 bits per heavy atom. The van der Waals surface area contributed by atoms with Crippen molar-refractivity contribution in [3.63, 3.8) is 0 Å². The lowest BCUT2D eigenvalue weighted by Crippen LogP contribution is -2.50. The van der Waals surface area contributed by atoms with Crippen molar-refractivity contribution in [2.75, 3.05) is 26.2 Å². The summed E-state index contributed by atoms with van der Waals surface area (Å²) in [6.07, 6.45) is 3.63. The van der Waals surface area contributed by atoms with Gasteiger partial charge in [0.1, 0.15) is 17.9 Å². The van der Waals surface area contributed by atoms with Gasteiger partial charge in [-0.1, -0.05) is 0 Å². The van der Waals surface area contributed by atoms with Gasteiger partial charge in [0, 0.05) is 38.3 Å². The maximum atomic E-state index is 12.6. The van der Waals surface area contributed by atoms with Gasteiger partial charge in [-0.15, -0.1) is 0 Å². The van der Waals surface area contributed by atoms with E-state index in [1.807, 2.05) is 6.07 Å². The summed E-state index contributed by atoms with van der Waals surface area (Å²) >= 11 is 0. The summed E-state index contributed by atoms with van der Waals surface area (Å²) < 4.78 is 4.95. The third-order valence-corrected chi connectivity index (χ3v) is 5.20. The lowest BCUT2D eigenvalue weighted by molar-refractivity contribution is -0.132. The van der Waals surface area contributed by atoms with Gasteiger partial charge < -0.3 is 19.2 Å².